The smallest absolute Gasteiger partial charge is 0.323 e. The number of amides is 1. The zero-order valence-corrected chi connectivity index (χ0v) is 13.6. The van der Waals surface area contributed by atoms with E-state index in [1.54, 1.807) is 0 Å². The summed E-state index contributed by atoms with van der Waals surface area (Å²) in [4.78, 5) is 25.6. The van der Waals surface area contributed by atoms with Gasteiger partial charge in [-0.15, -0.1) is 11.3 Å². The molecule has 0 saturated heterocycles. The second-order valence-electron chi connectivity index (χ2n) is 4.87. The first-order valence-corrected chi connectivity index (χ1v) is 7.68. The minimum Gasteiger partial charge on any atom is -0.480 e. The standard InChI is InChI=1S/C13H18BrNO3S/c1-8(2)6-15(7-12(16)17)13(18)9(3)10-4-5-11(14)19-10/h4-5,8-9H,6-7H2,1-3H3,(H,16,17). The molecule has 19 heavy (non-hydrogen) atoms. The van der Waals surface area contributed by atoms with Crippen LogP contribution in [0, 0.1) is 5.92 Å². The molecule has 0 aromatic carbocycles. The summed E-state index contributed by atoms with van der Waals surface area (Å²) in [6.45, 7) is 5.97. The summed E-state index contributed by atoms with van der Waals surface area (Å²) in [6, 6.07) is 3.79. The van der Waals surface area contributed by atoms with Gasteiger partial charge in [0.1, 0.15) is 6.54 Å². The largest absolute Gasteiger partial charge is 0.480 e. The summed E-state index contributed by atoms with van der Waals surface area (Å²) in [5.41, 5.74) is 0. The molecule has 1 aromatic rings. The van der Waals surface area contributed by atoms with Crippen LogP contribution in [0.1, 0.15) is 31.6 Å². The minimum absolute atomic E-state index is 0.134. The molecule has 0 spiro atoms. The Morgan fingerprint density at radius 2 is 2.00 bits per heavy atom. The number of carbonyl (C=O) groups is 2. The van der Waals surface area contributed by atoms with Crippen LogP contribution in [0.15, 0.2) is 15.9 Å². The van der Waals surface area contributed by atoms with E-state index < -0.39 is 5.97 Å². The fourth-order valence-corrected chi connectivity index (χ4v) is 3.26. The van der Waals surface area contributed by atoms with Crippen LogP contribution < -0.4 is 0 Å². The summed E-state index contributed by atoms with van der Waals surface area (Å²) >= 11 is 4.87. The molecule has 0 bridgehead atoms. The van der Waals surface area contributed by atoms with E-state index in [1.165, 1.54) is 16.2 Å². The average Bonchev–Trinajstić information content (AvgIpc) is 2.71. The van der Waals surface area contributed by atoms with Gasteiger partial charge in [-0.25, -0.2) is 0 Å². The first-order valence-electron chi connectivity index (χ1n) is 6.07. The third-order valence-corrected chi connectivity index (χ3v) is 4.42. The van der Waals surface area contributed by atoms with Gasteiger partial charge < -0.3 is 10.0 Å². The molecule has 1 unspecified atom stereocenters. The van der Waals surface area contributed by atoms with Gasteiger partial charge in [0.05, 0.1) is 9.70 Å². The Labute approximate surface area is 125 Å². The van der Waals surface area contributed by atoms with Crippen LogP contribution in [0.3, 0.4) is 0 Å². The molecule has 1 rings (SSSR count). The van der Waals surface area contributed by atoms with Gasteiger partial charge in [-0.1, -0.05) is 13.8 Å². The van der Waals surface area contributed by atoms with Crippen LogP contribution in [0.5, 0.6) is 0 Å². The summed E-state index contributed by atoms with van der Waals surface area (Å²) in [7, 11) is 0. The van der Waals surface area contributed by atoms with Gasteiger partial charge in [0.25, 0.3) is 0 Å². The lowest BCUT2D eigenvalue weighted by Gasteiger charge is -2.25. The van der Waals surface area contributed by atoms with Crippen LogP contribution in [-0.4, -0.2) is 35.0 Å². The second kappa shape index (κ2) is 7.05. The quantitative estimate of drug-likeness (QED) is 0.859. The van der Waals surface area contributed by atoms with Crippen molar-refractivity contribution < 1.29 is 14.7 Å². The molecule has 0 aliphatic rings. The molecule has 0 aliphatic heterocycles. The van der Waals surface area contributed by atoms with Crippen LogP contribution in [0.25, 0.3) is 0 Å². The first-order chi connectivity index (χ1) is 8.81. The van der Waals surface area contributed by atoms with E-state index in [4.69, 9.17) is 5.11 Å². The third-order valence-electron chi connectivity index (χ3n) is 2.61. The van der Waals surface area contributed by atoms with E-state index in [-0.39, 0.29) is 24.3 Å². The Bertz CT molecular complexity index is 458. The maximum absolute atomic E-state index is 12.4. The molecule has 1 N–H and O–H groups in total. The number of hydrogen-bond acceptors (Lipinski definition) is 3. The van der Waals surface area contributed by atoms with Crippen molar-refractivity contribution in [3.05, 3.63) is 20.8 Å². The van der Waals surface area contributed by atoms with E-state index in [9.17, 15) is 9.59 Å². The maximum atomic E-state index is 12.4. The van der Waals surface area contributed by atoms with Gasteiger partial charge in [0.2, 0.25) is 5.91 Å². The van der Waals surface area contributed by atoms with Gasteiger partial charge in [-0.05, 0) is 40.9 Å². The molecule has 1 atom stereocenters. The molecule has 4 nitrogen and oxygen atoms in total. The lowest BCUT2D eigenvalue weighted by Crippen LogP contribution is -2.40. The highest BCUT2D eigenvalue weighted by Crippen LogP contribution is 2.29. The highest BCUT2D eigenvalue weighted by Gasteiger charge is 2.25. The molecule has 0 aliphatic carbocycles. The minimum atomic E-state index is -0.978. The van der Waals surface area contributed by atoms with E-state index in [0.717, 1.165) is 8.66 Å². The molecule has 1 heterocycles. The number of carboxylic acid groups (broad SMARTS) is 1. The van der Waals surface area contributed by atoms with Gasteiger partial charge >= 0.3 is 5.97 Å². The van der Waals surface area contributed by atoms with Crippen molar-refractivity contribution in [3.63, 3.8) is 0 Å². The molecule has 0 radical (unpaired) electrons. The van der Waals surface area contributed by atoms with Crippen LogP contribution >= 0.6 is 27.3 Å². The number of thiophene rings is 1. The number of nitrogens with zero attached hydrogens (tertiary/aromatic N) is 1. The second-order valence-corrected chi connectivity index (χ2v) is 7.36. The van der Waals surface area contributed by atoms with Crippen molar-refractivity contribution in [2.24, 2.45) is 5.92 Å². The van der Waals surface area contributed by atoms with Crippen molar-refractivity contribution in [1.29, 1.82) is 0 Å². The van der Waals surface area contributed by atoms with Crippen LogP contribution in [-0.2, 0) is 9.59 Å². The van der Waals surface area contributed by atoms with Crippen molar-refractivity contribution in [2.75, 3.05) is 13.1 Å². The summed E-state index contributed by atoms with van der Waals surface area (Å²) in [5, 5.41) is 8.90. The predicted octanol–water partition coefficient (Wildman–Crippen LogP) is 3.18. The molecule has 0 saturated carbocycles. The van der Waals surface area contributed by atoms with Crippen molar-refractivity contribution in [3.8, 4) is 0 Å². The fraction of sp³-hybridized carbons (Fsp3) is 0.538. The number of rotatable bonds is 6. The molecular weight excluding hydrogens is 330 g/mol. The number of aliphatic carboxylic acids is 1. The fourth-order valence-electron chi connectivity index (χ4n) is 1.79. The SMILES string of the molecule is CC(C)CN(CC(=O)O)C(=O)C(C)c1ccc(Br)s1. The van der Waals surface area contributed by atoms with E-state index in [2.05, 4.69) is 15.9 Å². The predicted molar refractivity (Wildman–Crippen MR) is 79.5 cm³/mol. The van der Waals surface area contributed by atoms with Gasteiger partial charge in [-0.3, -0.25) is 9.59 Å². The highest BCUT2D eigenvalue weighted by molar-refractivity contribution is 9.11. The molecule has 0 fully saturated rings. The Morgan fingerprint density at radius 3 is 2.42 bits per heavy atom. The summed E-state index contributed by atoms with van der Waals surface area (Å²) in [5.74, 6) is -1.18. The Hall–Kier alpha value is -0.880. The van der Waals surface area contributed by atoms with E-state index in [0.29, 0.717) is 6.54 Å². The van der Waals surface area contributed by atoms with Gasteiger partial charge in [0, 0.05) is 11.4 Å². The molecular formula is C13H18BrNO3S. The third kappa shape index (κ3) is 4.95. The molecule has 1 aromatic heterocycles. The van der Waals surface area contributed by atoms with E-state index >= 15 is 0 Å². The highest BCUT2D eigenvalue weighted by atomic mass is 79.9. The Balaban J connectivity index is 2.82. The van der Waals surface area contributed by atoms with Crippen LogP contribution in [0.4, 0.5) is 0 Å². The number of hydrogen-bond donors (Lipinski definition) is 1. The topological polar surface area (TPSA) is 57.6 Å². The maximum Gasteiger partial charge on any atom is 0.323 e. The number of halogens is 1. The Morgan fingerprint density at radius 1 is 1.37 bits per heavy atom. The lowest BCUT2D eigenvalue weighted by molar-refractivity contribution is -0.145. The Kier molecular flexibility index (Phi) is 6.00. The zero-order valence-electron chi connectivity index (χ0n) is 11.2. The van der Waals surface area contributed by atoms with Crippen LogP contribution in [0.2, 0.25) is 0 Å². The molecule has 1 amide bonds. The van der Waals surface area contributed by atoms with Gasteiger partial charge in [-0.2, -0.15) is 0 Å². The first kappa shape index (κ1) is 16.2. The van der Waals surface area contributed by atoms with Crippen molar-refractivity contribution in [1.82, 2.24) is 4.90 Å². The number of carbonyl (C=O) groups excluding carboxylic acids is 1. The summed E-state index contributed by atoms with van der Waals surface area (Å²) in [6.07, 6.45) is 0. The lowest BCUT2D eigenvalue weighted by atomic mass is 10.1. The normalized spacial score (nSPS) is 12.5. The molecule has 106 valence electrons. The van der Waals surface area contributed by atoms with Gasteiger partial charge in [0.15, 0.2) is 0 Å². The zero-order chi connectivity index (χ0) is 14.6. The number of carboxylic acids is 1. The van der Waals surface area contributed by atoms with Crippen molar-refractivity contribution in [2.45, 2.75) is 26.7 Å². The monoisotopic (exact) mass is 347 g/mol. The van der Waals surface area contributed by atoms with Crippen molar-refractivity contribution >= 4 is 39.1 Å². The average molecular weight is 348 g/mol. The summed E-state index contributed by atoms with van der Waals surface area (Å²) < 4.78 is 0.968. The molecule has 6 heteroatoms. The van der Waals surface area contributed by atoms with E-state index in [1.807, 2.05) is 32.9 Å².